The van der Waals surface area contributed by atoms with Gasteiger partial charge in [0.15, 0.2) is 0 Å². The summed E-state index contributed by atoms with van der Waals surface area (Å²) in [4.78, 5) is 12.8. The number of rotatable bonds is 9. The molecule has 0 bridgehead atoms. The van der Waals surface area contributed by atoms with Crippen LogP contribution in [0.4, 0.5) is 5.82 Å². The molecule has 2 rings (SSSR count). The van der Waals surface area contributed by atoms with Crippen molar-refractivity contribution in [1.29, 1.82) is 0 Å². The fourth-order valence-corrected chi connectivity index (χ4v) is 4.72. The van der Waals surface area contributed by atoms with Crippen LogP contribution in [0.15, 0.2) is 40.1 Å². The van der Waals surface area contributed by atoms with Gasteiger partial charge in [0.2, 0.25) is 15.7 Å². The number of unbranched alkanes of at least 4 members (excludes halogenated alkanes) is 1. The Kier molecular flexibility index (Phi) is 7.21. The number of carbonyl (C=O) groups excluding carboxylic acids is 1. The molecule has 27 heavy (non-hydrogen) atoms. The van der Waals surface area contributed by atoms with Gasteiger partial charge in [0.05, 0.1) is 11.5 Å². The highest BCUT2D eigenvalue weighted by Gasteiger charge is 2.30. The van der Waals surface area contributed by atoms with Crippen LogP contribution in [0.1, 0.15) is 37.4 Å². The molecule has 0 saturated heterocycles. The van der Waals surface area contributed by atoms with E-state index in [0.717, 1.165) is 18.5 Å². The number of nitrogens with one attached hydrogen (secondary N) is 1. The van der Waals surface area contributed by atoms with Gasteiger partial charge in [0.1, 0.15) is 10.7 Å². The summed E-state index contributed by atoms with van der Waals surface area (Å²) < 4.78 is 33.6. The van der Waals surface area contributed by atoms with E-state index < -0.39 is 9.84 Å². The van der Waals surface area contributed by atoms with E-state index in [0.29, 0.717) is 31.0 Å². The lowest BCUT2D eigenvalue weighted by Gasteiger charge is -2.14. The van der Waals surface area contributed by atoms with E-state index >= 15 is 0 Å². The zero-order chi connectivity index (χ0) is 20.0. The van der Waals surface area contributed by atoms with Gasteiger partial charge in [-0.2, -0.15) is 0 Å². The summed E-state index contributed by atoms with van der Waals surface area (Å²) in [6, 6.07) is 8.29. The van der Waals surface area contributed by atoms with Crippen molar-refractivity contribution in [2.45, 2.75) is 56.4 Å². The molecule has 6 nitrogen and oxygen atoms in total. The number of ether oxygens (including phenoxy) is 1. The third-order valence-electron chi connectivity index (χ3n) is 4.63. The maximum atomic E-state index is 13.3. The lowest BCUT2D eigenvalue weighted by molar-refractivity contribution is -0.116. The van der Waals surface area contributed by atoms with Crippen LogP contribution in [0.5, 0.6) is 0 Å². The standard InChI is InChI=1S/C20H28N2O4S/c1-5-6-12-18(23)21-20-19(15(2)16(3)22(20)13-14-26-4)27(24,25)17-10-8-7-9-11-17/h7-11H,5-6,12-14H2,1-4H3,(H,21,23). The van der Waals surface area contributed by atoms with Crippen LogP contribution >= 0.6 is 0 Å². The third-order valence-corrected chi connectivity index (χ3v) is 6.56. The summed E-state index contributed by atoms with van der Waals surface area (Å²) in [6.45, 7) is 6.51. The van der Waals surface area contributed by atoms with Gasteiger partial charge in [-0.25, -0.2) is 8.42 Å². The second-order valence-corrected chi connectivity index (χ2v) is 8.39. The molecule has 0 spiro atoms. The molecule has 148 valence electrons. The fourth-order valence-electron chi connectivity index (χ4n) is 3.00. The van der Waals surface area contributed by atoms with E-state index in [2.05, 4.69) is 5.32 Å². The topological polar surface area (TPSA) is 77.4 Å². The van der Waals surface area contributed by atoms with Gasteiger partial charge in [-0.3, -0.25) is 4.79 Å². The van der Waals surface area contributed by atoms with Gasteiger partial charge >= 0.3 is 0 Å². The van der Waals surface area contributed by atoms with E-state index in [1.54, 1.807) is 44.4 Å². The summed E-state index contributed by atoms with van der Waals surface area (Å²) >= 11 is 0. The highest BCUT2D eigenvalue weighted by Crippen LogP contribution is 2.35. The van der Waals surface area contributed by atoms with E-state index in [4.69, 9.17) is 4.74 Å². The molecule has 0 saturated carbocycles. The second-order valence-electron chi connectivity index (χ2n) is 6.50. The first kappa shape index (κ1) is 21.2. The molecule has 0 fully saturated rings. The molecule has 7 heteroatoms. The number of methoxy groups -OCH3 is 1. The Morgan fingerprint density at radius 2 is 1.85 bits per heavy atom. The van der Waals surface area contributed by atoms with Crippen LogP contribution in [0.3, 0.4) is 0 Å². The maximum Gasteiger partial charge on any atom is 0.225 e. The van der Waals surface area contributed by atoms with E-state index in [-0.39, 0.29) is 15.7 Å². The molecule has 0 unspecified atom stereocenters. The van der Waals surface area contributed by atoms with Crippen molar-refractivity contribution in [3.8, 4) is 0 Å². The molecule has 1 N–H and O–H groups in total. The number of hydrogen-bond acceptors (Lipinski definition) is 4. The Hall–Kier alpha value is -2.12. The highest BCUT2D eigenvalue weighted by molar-refractivity contribution is 7.91. The molecule has 2 aromatic rings. The normalized spacial score (nSPS) is 11.6. The Balaban J connectivity index is 2.60. The number of benzene rings is 1. The second kappa shape index (κ2) is 9.19. The quantitative estimate of drug-likeness (QED) is 0.706. The molecule has 0 aliphatic carbocycles. The number of carbonyl (C=O) groups is 1. The molecule has 0 atom stereocenters. The first-order chi connectivity index (χ1) is 12.8. The smallest absolute Gasteiger partial charge is 0.225 e. The van der Waals surface area contributed by atoms with E-state index in [1.807, 2.05) is 18.4 Å². The molecule has 1 aromatic carbocycles. The maximum absolute atomic E-state index is 13.3. The SMILES string of the molecule is CCCCC(=O)Nc1c(S(=O)(=O)c2ccccc2)c(C)c(C)n1CCOC. The molecular weight excluding hydrogens is 364 g/mol. The van der Waals surface area contributed by atoms with Crippen LogP contribution in [-0.4, -0.2) is 32.6 Å². The Morgan fingerprint density at radius 1 is 1.19 bits per heavy atom. The van der Waals surface area contributed by atoms with Crippen LogP contribution < -0.4 is 5.32 Å². The summed E-state index contributed by atoms with van der Waals surface area (Å²) in [5.41, 5.74) is 1.44. The summed E-state index contributed by atoms with van der Waals surface area (Å²) in [6.07, 6.45) is 2.00. The number of anilines is 1. The third kappa shape index (κ3) is 4.59. The molecule has 1 aromatic heterocycles. The number of sulfone groups is 1. The van der Waals surface area contributed by atoms with Crippen molar-refractivity contribution in [1.82, 2.24) is 4.57 Å². The summed E-state index contributed by atoms with van der Waals surface area (Å²) in [5.74, 6) is 0.143. The average Bonchev–Trinajstić information content (AvgIpc) is 2.89. The number of hydrogen-bond donors (Lipinski definition) is 1. The van der Waals surface area contributed by atoms with Crippen LogP contribution in [0.2, 0.25) is 0 Å². The molecule has 1 amide bonds. The Morgan fingerprint density at radius 3 is 2.44 bits per heavy atom. The predicted molar refractivity (Wildman–Crippen MR) is 106 cm³/mol. The number of amides is 1. The molecule has 0 aliphatic rings. The molecule has 1 heterocycles. The average molecular weight is 393 g/mol. The minimum atomic E-state index is -3.77. The van der Waals surface area contributed by atoms with Crippen molar-refractivity contribution >= 4 is 21.6 Å². The molecule has 0 radical (unpaired) electrons. The Labute approximate surface area is 161 Å². The van der Waals surface area contributed by atoms with Crippen molar-refractivity contribution in [3.05, 3.63) is 41.6 Å². The lowest BCUT2D eigenvalue weighted by atomic mass is 10.2. The van der Waals surface area contributed by atoms with Crippen molar-refractivity contribution in [3.63, 3.8) is 0 Å². The summed E-state index contributed by atoms with van der Waals surface area (Å²) in [5, 5.41) is 2.85. The zero-order valence-electron chi connectivity index (χ0n) is 16.4. The van der Waals surface area contributed by atoms with Gasteiger partial charge < -0.3 is 14.6 Å². The monoisotopic (exact) mass is 392 g/mol. The number of aromatic nitrogens is 1. The van der Waals surface area contributed by atoms with Gasteiger partial charge in [-0.1, -0.05) is 31.5 Å². The van der Waals surface area contributed by atoms with Gasteiger partial charge in [0.25, 0.3) is 0 Å². The van der Waals surface area contributed by atoms with Crippen LogP contribution in [-0.2, 0) is 25.9 Å². The first-order valence-corrected chi connectivity index (χ1v) is 10.6. The van der Waals surface area contributed by atoms with Crippen molar-refractivity contribution in [2.24, 2.45) is 0 Å². The van der Waals surface area contributed by atoms with Gasteiger partial charge in [-0.15, -0.1) is 0 Å². The summed E-state index contributed by atoms with van der Waals surface area (Å²) in [7, 11) is -2.18. The van der Waals surface area contributed by atoms with Crippen molar-refractivity contribution in [2.75, 3.05) is 19.0 Å². The first-order valence-electron chi connectivity index (χ1n) is 9.13. The van der Waals surface area contributed by atoms with Crippen molar-refractivity contribution < 1.29 is 17.9 Å². The predicted octanol–water partition coefficient (Wildman–Crippen LogP) is 3.71. The Bertz CT molecular complexity index is 886. The van der Waals surface area contributed by atoms with Crippen LogP contribution in [0.25, 0.3) is 0 Å². The fraction of sp³-hybridized carbons (Fsp3) is 0.450. The lowest BCUT2D eigenvalue weighted by Crippen LogP contribution is -2.18. The minimum Gasteiger partial charge on any atom is -0.383 e. The largest absolute Gasteiger partial charge is 0.383 e. The zero-order valence-corrected chi connectivity index (χ0v) is 17.2. The molecule has 0 aliphatic heterocycles. The van der Waals surface area contributed by atoms with Gasteiger partial charge in [-0.05, 0) is 38.0 Å². The van der Waals surface area contributed by atoms with E-state index in [1.165, 1.54) is 0 Å². The van der Waals surface area contributed by atoms with Gasteiger partial charge in [0, 0.05) is 25.8 Å². The highest BCUT2D eigenvalue weighted by atomic mass is 32.2. The van der Waals surface area contributed by atoms with E-state index in [9.17, 15) is 13.2 Å². The molecular formula is C20H28N2O4S. The minimum absolute atomic E-state index is 0.159. The number of nitrogens with zero attached hydrogens (tertiary/aromatic N) is 1. The van der Waals surface area contributed by atoms with Crippen LogP contribution in [0, 0.1) is 13.8 Å².